The molecule has 0 spiro atoms. The van der Waals surface area contributed by atoms with Crippen LogP contribution in [0.1, 0.15) is 24.0 Å². The van der Waals surface area contributed by atoms with Gasteiger partial charge >= 0.3 is 5.97 Å². The highest BCUT2D eigenvalue weighted by atomic mass is 16.6. The van der Waals surface area contributed by atoms with Crippen LogP contribution in [0, 0.1) is 0 Å². The molecule has 0 aliphatic heterocycles. The summed E-state index contributed by atoms with van der Waals surface area (Å²) in [5, 5.41) is 0. The van der Waals surface area contributed by atoms with Crippen LogP contribution in [0.5, 0.6) is 5.75 Å². The largest absolute Gasteiger partial charge is 0.482 e. The Morgan fingerprint density at radius 2 is 1.72 bits per heavy atom. The van der Waals surface area contributed by atoms with Gasteiger partial charge in [0.2, 0.25) is 5.91 Å². The number of para-hydroxylation sites is 1. The van der Waals surface area contributed by atoms with Gasteiger partial charge in [0.1, 0.15) is 5.75 Å². The van der Waals surface area contributed by atoms with Gasteiger partial charge in [0.05, 0.1) is 0 Å². The lowest BCUT2D eigenvalue weighted by atomic mass is 10.1. The number of hydrogen-bond acceptors (Lipinski definition) is 5. The summed E-state index contributed by atoms with van der Waals surface area (Å²) < 4.78 is 10.5. The number of esters is 1. The summed E-state index contributed by atoms with van der Waals surface area (Å²) in [6.45, 7) is -0.611. The van der Waals surface area contributed by atoms with Crippen LogP contribution in [0.4, 0.5) is 5.69 Å². The van der Waals surface area contributed by atoms with Crippen LogP contribution in [0.25, 0.3) is 0 Å². The predicted molar refractivity (Wildman–Crippen MR) is 108 cm³/mol. The van der Waals surface area contributed by atoms with E-state index in [1.54, 1.807) is 24.3 Å². The first kappa shape index (κ1) is 20.4. The minimum atomic E-state index is -0.637. The van der Waals surface area contributed by atoms with Crippen molar-refractivity contribution in [3.8, 4) is 5.75 Å². The molecule has 29 heavy (non-hydrogen) atoms. The smallest absolute Gasteiger partial charge is 0.344 e. The number of ether oxygens (including phenoxy) is 2. The number of rotatable bonds is 9. The van der Waals surface area contributed by atoms with Crippen molar-refractivity contribution in [3.63, 3.8) is 0 Å². The molecule has 152 valence electrons. The van der Waals surface area contributed by atoms with Crippen LogP contribution < -0.4 is 15.4 Å². The summed E-state index contributed by atoms with van der Waals surface area (Å²) >= 11 is 0. The summed E-state index contributed by atoms with van der Waals surface area (Å²) in [5.41, 5.74) is 8.36. The van der Waals surface area contributed by atoms with E-state index in [4.69, 9.17) is 15.2 Å². The van der Waals surface area contributed by atoms with Crippen molar-refractivity contribution in [1.29, 1.82) is 0 Å². The van der Waals surface area contributed by atoms with Crippen LogP contribution >= 0.6 is 0 Å². The average Bonchev–Trinajstić information content (AvgIpc) is 3.19. The third kappa shape index (κ3) is 5.81. The Morgan fingerprint density at radius 1 is 0.966 bits per heavy atom. The minimum absolute atomic E-state index is 0.00994. The maximum absolute atomic E-state index is 12.5. The molecule has 0 saturated heterocycles. The number of nitrogens with zero attached hydrogens (tertiary/aromatic N) is 1. The first-order valence-corrected chi connectivity index (χ1v) is 9.57. The fourth-order valence-corrected chi connectivity index (χ4v) is 3.27. The molecule has 1 aliphatic carbocycles. The van der Waals surface area contributed by atoms with Crippen LogP contribution in [0.3, 0.4) is 0 Å². The second kappa shape index (κ2) is 9.73. The molecule has 0 bridgehead atoms. The number of amides is 2. The monoisotopic (exact) mass is 396 g/mol. The zero-order valence-electron chi connectivity index (χ0n) is 16.1. The molecule has 2 aromatic carbocycles. The Hall–Kier alpha value is -3.35. The van der Waals surface area contributed by atoms with Crippen LogP contribution in [0.15, 0.2) is 48.5 Å². The highest BCUT2D eigenvalue weighted by molar-refractivity contribution is 5.95. The van der Waals surface area contributed by atoms with Gasteiger partial charge in [-0.05, 0) is 54.7 Å². The number of anilines is 1. The molecule has 7 heteroatoms. The van der Waals surface area contributed by atoms with E-state index in [0.717, 1.165) is 19.3 Å². The fourth-order valence-electron chi connectivity index (χ4n) is 3.27. The fraction of sp³-hybridized carbons (Fsp3) is 0.318. The normalized spacial score (nSPS) is 12.1. The van der Waals surface area contributed by atoms with Crippen molar-refractivity contribution >= 4 is 23.5 Å². The minimum Gasteiger partial charge on any atom is -0.482 e. The van der Waals surface area contributed by atoms with Gasteiger partial charge in [-0.1, -0.05) is 24.3 Å². The standard InChI is InChI=1S/C22H24N2O5/c23-20(25)11-12-24(18-7-2-1-3-8-18)21(26)14-29-22(27)15-28-19-10-9-16-5-4-6-17(16)13-19/h1-3,7-10,13H,4-6,11-12,14-15H2,(H2,23,25). The Labute approximate surface area is 169 Å². The van der Waals surface area contributed by atoms with E-state index in [-0.39, 0.29) is 19.6 Å². The van der Waals surface area contributed by atoms with Gasteiger partial charge < -0.3 is 20.1 Å². The van der Waals surface area contributed by atoms with E-state index in [1.165, 1.54) is 16.0 Å². The SMILES string of the molecule is NC(=O)CCN(C(=O)COC(=O)COc1ccc2c(c1)CCC2)c1ccccc1. The van der Waals surface area contributed by atoms with Crippen molar-refractivity contribution in [2.45, 2.75) is 25.7 Å². The molecule has 3 rings (SSSR count). The highest BCUT2D eigenvalue weighted by Crippen LogP contribution is 2.26. The predicted octanol–water partition coefficient (Wildman–Crippen LogP) is 2.01. The third-order valence-corrected chi connectivity index (χ3v) is 4.73. The molecule has 1 aliphatic rings. The maximum atomic E-state index is 12.5. The summed E-state index contributed by atoms with van der Waals surface area (Å²) in [6, 6.07) is 14.6. The van der Waals surface area contributed by atoms with Crippen molar-refractivity contribution < 1.29 is 23.9 Å². The first-order chi connectivity index (χ1) is 14.0. The average molecular weight is 396 g/mol. The molecule has 7 nitrogen and oxygen atoms in total. The molecular formula is C22H24N2O5. The quantitative estimate of drug-likeness (QED) is 0.654. The second-order valence-electron chi connectivity index (χ2n) is 6.83. The summed E-state index contributed by atoms with van der Waals surface area (Å²) in [7, 11) is 0. The number of carbonyl (C=O) groups excluding carboxylic acids is 3. The molecule has 0 atom stereocenters. The van der Waals surface area contributed by atoms with E-state index in [1.807, 2.05) is 24.3 Å². The van der Waals surface area contributed by atoms with Crippen molar-refractivity contribution in [2.24, 2.45) is 5.73 Å². The van der Waals surface area contributed by atoms with E-state index in [0.29, 0.717) is 11.4 Å². The second-order valence-corrected chi connectivity index (χ2v) is 6.83. The molecule has 0 saturated carbocycles. The Morgan fingerprint density at radius 3 is 2.48 bits per heavy atom. The lowest BCUT2D eigenvalue weighted by molar-refractivity contribution is -0.149. The first-order valence-electron chi connectivity index (χ1n) is 9.57. The van der Waals surface area contributed by atoms with Crippen molar-refractivity contribution in [3.05, 3.63) is 59.7 Å². The Balaban J connectivity index is 1.50. The molecule has 0 unspecified atom stereocenters. The van der Waals surface area contributed by atoms with Gasteiger partial charge in [0.25, 0.3) is 5.91 Å². The molecule has 2 amide bonds. The molecule has 2 aromatic rings. The lowest BCUT2D eigenvalue weighted by Gasteiger charge is -2.22. The number of carbonyl (C=O) groups is 3. The summed E-state index contributed by atoms with van der Waals surface area (Å²) in [4.78, 5) is 37.0. The van der Waals surface area contributed by atoms with Crippen LogP contribution in [0.2, 0.25) is 0 Å². The molecule has 2 N–H and O–H groups in total. The van der Waals surface area contributed by atoms with E-state index in [2.05, 4.69) is 0 Å². The molecule has 0 aromatic heterocycles. The molecule has 0 heterocycles. The van der Waals surface area contributed by atoms with Crippen LogP contribution in [-0.4, -0.2) is 37.5 Å². The number of primary amides is 1. The van der Waals surface area contributed by atoms with Crippen molar-refractivity contribution in [1.82, 2.24) is 0 Å². The van der Waals surface area contributed by atoms with Gasteiger partial charge in [-0.3, -0.25) is 9.59 Å². The topological polar surface area (TPSA) is 98.9 Å². The highest BCUT2D eigenvalue weighted by Gasteiger charge is 2.19. The van der Waals surface area contributed by atoms with Gasteiger partial charge in [-0.25, -0.2) is 4.79 Å². The number of hydrogen-bond donors (Lipinski definition) is 1. The number of aryl methyl sites for hydroxylation is 2. The van der Waals surface area contributed by atoms with Crippen molar-refractivity contribution in [2.75, 3.05) is 24.7 Å². The third-order valence-electron chi connectivity index (χ3n) is 4.73. The van der Waals surface area contributed by atoms with E-state index < -0.39 is 24.4 Å². The van der Waals surface area contributed by atoms with E-state index in [9.17, 15) is 14.4 Å². The molecular weight excluding hydrogens is 372 g/mol. The molecule has 0 radical (unpaired) electrons. The maximum Gasteiger partial charge on any atom is 0.344 e. The number of benzene rings is 2. The Kier molecular flexibility index (Phi) is 6.84. The van der Waals surface area contributed by atoms with Gasteiger partial charge in [0.15, 0.2) is 13.2 Å². The zero-order valence-corrected chi connectivity index (χ0v) is 16.1. The summed E-state index contributed by atoms with van der Waals surface area (Å²) in [6.07, 6.45) is 3.24. The van der Waals surface area contributed by atoms with Gasteiger partial charge in [-0.15, -0.1) is 0 Å². The lowest BCUT2D eigenvalue weighted by Crippen LogP contribution is -2.37. The Bertz CT molecular complexity index is 882. The number of nitrogens with two attached hydrogens (primary N) is 1. The zero-order chi connectivity index (χ0) is 20.6. The van der Waals surface area contributed by atoms with Gasteiger partial charge in [0, 0.05) is 18.7 Å². The number of fused-ring (bicyclic) bond motifs is 1. The van der Waals surface area contributed by atoms with E-state index >= 15 is 0 Å². The van der Waals surface area contributed by atoms with Gasteiger partial charge in [-0.2, -0.15) is 0 Å². The summed E-state index contributed by atoms with van der Waals surface area (Å²) in [5.74, 6) is -0.982. The molecule has 0 fully saturated rings. The van der Waals surface area contributed by atoms with Crippen LogP contribution in [-0.2, 0) is 32.0 Å².